The standard InChI is InChI=1S/C21H25NO3S/c1-25-21(24)18(14-15-8-3-2-4-9-15)22-20(23)17-11-6-5-10-16(17)19-12-7-13-26-19/h5-7,10-13,15,18H,2-4,8-9,14H2,1H3,(H,22,23)/t18-/m0/s1. The van der Waals surface area contributed by atoms with Gasteiger partial charge in [0.05, 0.1) is 7.11 Å². The lowest BCUT2D eigenvalue weighted by Gasteiger charge is -2.26. The smallest absolute Gasteiger partial charge is 0.328 e. The van der Waals surface area contributed by atoms with Crippen LogP contribution in [0.5, 0.6) is 0 Å². The third kappa shape index (κ3) is 4.52. The number of carbonyl (C=O) groups is 2. The fourth-order valence-corrected chi connectivity index (χ4v) is 4.44. The van der Waals surface area contributed by atoms with Crippen LogP contribution >= 0.6 is 11.3 Å². The lowest BCUT2D eigenvalue weighted by atomic mass is 9.84. The molecule has 138 valence electrons. The average Bonchev–Trinajstić information content (AvgIpc) is 3.22. The van der Waals surface area contributed by atoms with Gasteiger partial charge in [0.1, 0.15) is 6.04 Å². The van der Waals surface area contributed by atoms with Gasteiger partial charge >= 0.3 is 5.97 Å². The lowest BCUT2D eigenvalue weighted by Crippen LogP contribution is -2.43. The Morgan fingerprint density at radius 3 is 2.62 bits per heavy atom. The Kier molecular flexibility index (Phi) is 6.45. The summed E-state index contributed by atoms with van der Waals surface area (Å²) in [6.07, 6.45) is 6.56. The van der Waals surface area contributed by atoms with Crippen molar-refractivity contribution < 1.29 is 14.3 Å². The second-order valence-electron chi connectivity index (χ2n) is 6.81. The molecule has 0 bridgehead atoms. The predicted octanol–water partition coefficient (Wildman–Crippen LogP) is 4.66. The van der Waals surface area contributed by atoms with Crippen molar-refractivity contribution in [3.05, 3.63) is 47.3 Å². The molecular weight excluding hydrogens is 346 g/mol. The van der Waals surface area contributed by atoms with Gasteiger partial charge in [0.15, 0.2) is 0 Å². The largest absolute Gasteiger partial charge is 0.467 e. The maximum absolute atomic E-state index is 12.9. The second kappa shape index (κ2) is 8.99. The van der Waals surface area contributed by atoms with E-state index in [0.717, 1.165) is 23.3 Å². The number of hydrogen-bond acceptors (Lipinski definition) is 4. The number of thiophene rings is 1. The highest BCUT2D eigenvalue weighted by Crippen LogP contribution is 2.29. The molecule has 1 N–H and O–H groups in total. The highest BCUT2D eigenvalue weighted by atomic mass is 32.1. The Bertz CT molecular complexity index is 735. The molecule has 5 heteroatoms. The molecule has 2 aromatic rings. The molecule has 1 fully saturated rings. The summed E-state index contributed by atoms with van der Waals surface area (Å²) in [6.45, 7) is 0. The summed E-state index contributed by atoms with van der Waals surface area (Å²) < 4.78 is 4.94. The highest BCUT2D eigenvalue weighted by Gasteiger charge is 2.27. The summed E-state index contributed by atoms with van der Waals surface area (Å²) in [4.78, 5) is 26.2. The SMILES string of the molecule is COC(=O)[C@H](CC1CCCCC1)NC(=O)c1ccccc1-c1cccs1. The van der Waals surface area contributed by atoms with Crippen LogP contribution in [0.3, 0.4) is 0 Å². The molecule has 1 aromatic heterocycles. The molecule has 26 heavy (non-hydrogen) atoms. The molecule has 4 nitrogen and oxygen atoms in total. The minimum absolute atomic E-state index is 0.222. The molecule has 1 saturated carbocycles. The minimum atomic E-state index is -0.591. The van der Waals surface area contributed by atoms with Crippen molar-refractivity contribution in [3.8, 4) is 10.4 Å². The molecule has 0 aliphatic heterocycles. The number of rotatable bonds is 6. The van der Waals surface area contributed by atoms with Gasteiger partial charge in [-0.25, -0.2) is 4.79 Å². The number of amides is 1. The average molecular weight is 372 g/mol. The van der Waals surface area contributed by atoms with Crippen LogP contribution in [0.15, 0.2) is 41.8 Å². The van der Waals surface area contributed by atoms with E-state index in [2.05, 4.69) is 5.32 Å². The van der Waals surface area contributed by atoms with Crippen LogP contribution in [0.1, 0.15) is 48.9 Å². The molecule has 1 aliphatic carbocycles. The van der Waals surface area contributed by atoms with Crippen LogP contribution in [-0.2, 0) is 9.53 Å². The number of hydrogen-bond donors (Lipinski definition) is 1. The number of ether oxygens (including phenoxy) is 1. The number of carbonyl (C=O) groups excluding carboxylic acids is 2. The molecule has 0 saturated heterocycles. The topological polar surface area (TPSA) is 55.4 Å². The minimum Gasteiger partial charge on any atom is -0.467 e. The number of benzene rings is 1. The molecule has 0 unspecified atom stereocenters. The summed E-state index contributed by atoms with van der Waals surface area (Å²) in [7, 11) is 1.38. The zero-order valence-corrected chi connectivity index (χ0v) is 15.9. The Morgan fingerprint density at radius 1 is 1.15 bits per heavy atom. The Hall–Kier alpha value is -2.14. The van der Waals surface area contributed by atoms with Gasteiger partial charge in [-0.05, 0) is 29.9 Å². The van der Waals surface area contributed by atoms with Crippen molar-refractivity contribution in [1.29, 1.82) is 0 Å². The fourth-order valence-electron chi connectivity index (χ4n) is 3.68. The quantitative estimate of drug-likeness (QED) is 0.752. The van der Waals surface area contributed by atoms with Crippen molar-refractivity contribution in [3.63, 3.8) is 0 Å². The van der Waals surface area contributed by atoms with E-state index in [1.54, 1.807) is 17.4 Å². The first-order chi connectivity index (χ1) is 12.7. The van der Waals surface area contributed by atoms with Crippen LogP contribution in [0.4, 0.5) is 0 Å². The van der Waals surface area contributed by atoms with Gasteiger partial charge in [-0.3, -0.25) is 4.79 Å². The van der Waals surface area contributed by atoms with Gasteiger partial charge in [0, 0.05) is 16.0 Å². The summed E-state index contributed by atoms with van der Waals surface area (Å²) in [5.74, 6) is -0.113. The Balaban J connectivity index is 1.76. The zero-order chi connectivity index (χ0) is 18.4. The van der Waals surface area contributed by atoms with Crippen LogP contribution < -0.4 is 5.32 Å². The van der Waals surface area contributed by atoms with Gasteiger partial charge < -0.3 is 10.1 Å². The molecule has 0 radical (unpaired) electrons. The normalized spacial score (nSPS) is 16.0. The molecule has 0 spiro atoms. The van der Waals surface area contributed by atoms with E-state index in [1.807, 2.05) is 35.7 Å². The van der Waals surface area contributed by atoms with Gasteiger partial charge in [-0.2, -0.15) is 0 Å². The van der Waals surface area contributed by atoms with Gasteiger partial charge in [-0.15, -0.1) is 11.3 Å². The van der Waals surface area contributed by atoms with E-state index in [-0.39, 0.29) is 11.9 Å². The lowest BCUT2D eigenvalue weighted by molar-refractivity contribution is -0.143. The maximum Gasteiger partial charge on any atom is 0.328 e. The molecule has 1 heterocycles. The maximum atomic E-state index is 12.9. The Labute approximate surface area is 158 Å². The first-order valence-corrected chi connectivity index (χ1v) is 10.1. The van der Waals surface area contributed by atoms with Gasteiger partial charge in [0.2, 0.25) is 0 Å². The van der Waals surface area contributed by atoms with Crippen molar-refractivity contribution in [1.82, 2.24) is 5.32 Å². The third-order valence-corrected chi connectivity index (χ3v) is 5.95. The van der Waals surface area contributed by atoms with Crippen LogP contribution in [0.25, 0.3) is 10.4 Å². The van der Waals surface area contributed by atoms with Gasteiger partial charge in [-0.1, -0.05) is 56.4 Å². The second-order valence-corrected chi connectivity index (χ2v) is 7.76. The molecular formula is C21H25NO3S. The number of nitrogens with one attached hydrogen (secondary N) is 1. The van der Waals surface area contributed by atoms with Gasteiger partial charge in [0.25, 0.3) is 5.91 Å². The van der Waals surface area contributed by atoms with E-state index in [4.69, 9.17) is 4.74 Å². The van der Waals surface area contributed by atoms with Crippen LogP contribution in [0.2, 0.25) is 0 Å². The van der Waals surface area contributed by atoms with E-state index in [0.29, 0.717) is 17.9 Å². The van der Waals surface area contributed by atoms with Crippen LogP contribution in [0, 0.1) is 5.92 Å². The van der Waals surface area contributed by atoms with E-state index in [9.17, 15) is 9.59 Å². The number of esters is 1. The predicted molar refractivity (Wildman–Crippen MR) is 104 cm³/mol. The van der Waals surface area contributed by atoms with Crippen molar-refractivity contribution in [2.75, 3.05) is 7.11 Å². The summed E-state index contributed by atoms with van der Waals surface area (Å²) in [5, 5.41) is 4.92. The van der Waals surface area contributed by atoms with E-state index < -0.39 is 6.04 Å². The Morgan fingerprint density at radius 2 is 1.92 bits per heavy atom. The molecule has 3 rings (SSSR count). The molecule has 1 atom stereocenters. The molecule has 1 amide bonds. The van der Waals surface area contributed by atoms with E-state index in [1.165, 1.54) is 26.4 Å². The van der Waals surface area contributed by atoms with E-state index >= 15 is 0 Å². The first kappa shape index (κ1) is 18.6. The fraction of sp³-hybridized carbons (Fsp3) is 0.429. The van der Waals surface area contributed by atoms with Crippen molar-refractivity contribution in [2.45, 2.75) is 44.6 Å². The highest BCUT2D eigenvalue weighted by molar-refractivity contribution is 7.13. The van der Waals surface area contributed by atoms with Crippen LogP contribution in [-0.4, -0.2) is 25.0 Å². The summed E-state index contributed by atoms with van der Waals surface area (Å²) >= 11 is 1.59. The molecule has 1 aromatic carbocycles. The molecule has 1 aliphatic rings. The zero-order valence-electron chi connectivity index (χ0n) is 15.1. The van der Waals surface area contributed by atoms with Crippen molar-refractivity contribution in [2.24, 2.45) is 5.92 Å². The first-order valence-electron chi connectivity index (χ1n) is 9.20. The third-order valence-electron chi connectivity index (χ3n) is 5.04. The number of methoxy groups -OCH3 is 1. The summed E-state index contributed by atoms with van der Waals surface area (Å²) in [5.41, 5.74) is 1.48. The summed E-state index contributed by atoms with van der Waals surface area (Å²) in [6, 6.07) is 10.9. The monoisotopic (exact) mass is 371 g/mol. The van der Waals surface area contributed by atoms with Crippen molar-refractivity contribution >= 4 is 23.2 Å².